The van der Waals surface area contributed by atoms with Gasteiger partial charge in [-0.3, -0.25) is 0 Å². The number of halogens is 1. The van der Waals surface area contributed by atoms with Gasteiger partial charge in [0.1, 0.15) is 10.8 Å². The van der Waals surface area contributed by atoms with Crippen molar-refractivity contribution in [3.8, 4) is 0 Å². The summed E-state index contributed by atoms with van der Waals surface area (Å²) in [5.41, 5.74) is -0.737. The van der Waals surface area contributed by atoms with Gasteiger partial charge in [-0.25, -0.2) is 26.6 Å². The molecule has 1 atom stereocenters. The van der Waals surface area contributed by atoms with E-state index in [1.165, 1.54) is 30.5 Å². The van der Waals surface area contributed by atoms with Crippen molar-refractivity contribution in [3.63, 3.8) is 0 Å². The van der Waals surface area contributed by atoms with Gasteiger partial charge in [-0.05, 0) is 52.0 Å². The number of sulfone groups is 1. The van der Waals surface area contributed by atoms with Gasteiger partial charge in [0.15, 0.2) is 9.84 Å². The van der Waals surface area contributed by atoms with E-state index in [2.05, 4.69) is 10.3 Å². The average molecular weight is 568 g/mol. The second-order valence-electron chi connectivity index (χ2n) is 9.43. The van der Waals surface area contributed by atoms with Crippen LogP contribution in [0.1, 0.15) is 27.7 Å². The zero-order valence-corrected chi connectivity index (χ0v) is 23.4. The maximum atomic E-state index is 13.9. The van der Waals surface area contributed by atoms with E-state index in [1.54, 1.807) is 58.0 Å². The Labute approximate surface area is 222 Å². The Morgan fingerprint density at radius 3 is 2.35 bits per heavy atom. The van der Waals surface area contributed by atoms with Crippen LogP contribution in [0.4, 0.5) is 4.79 Å². The molecule has 1 amide bonds. The lowest BCUT2D eigenvalue weighted by Crippen LogP contribution is -2.47. The predicted octanol–water partition coefficient (Wildman–Crippen LogP) is 4.27. The molecule has 0 aliphatic carbocycles. The smallest absolute Gasteiger partial charge is 0.407 e. The Balaban J connectivity index is 1.97. The van der Waals surface area contributed by atoms with Crippen LogP contribution >= 0.6 is 11.6 Å². The Hall–Kier alpha value is -2.73. The zero-order chi connectivity index (χ0) is 27.4. The molecule has 3 rings (SSSR count). The summed E-state index contributed by atoms with van der Waals surface area (Å²) in [4.78, 5) is 16.3. The number of pyridine rings is 1. The highest BCUT2D eigenvalue weighted by Gasteiger charge is 2.32. The lowest BCUT2D eigenvalue weighted by molar-refractivity contribution is 0.0518. The number of benzene rings is 2. The number of rotatable bonds is 9. The third-order valence-corrected chi connectivity index (χ3v) is 9.50. The number of carbonyl (C=O) groups excluding carboxylic acids is 1. The van der Waals surface area contributed by atoms with Gasteiger partial charge in [-0.1, -0.05) is 41.9 Å². The molecule has 0 radical (unpaired) electrons. The minimum atomic E-state index is -4.24. The fourth-order valence-corrected chi connectivity index (χ4v) is 7.09. The Morgan fingerprint density at radius 2 is 1.70 bits per heavy atom. The fourth-order valence-electron chi connectivity index (χ4n) is 3.67. The van der Waals surface area contributed by atoms with E-state index in [4.69, 9.17) is 16.3 Å². The van der Waals surface area contributed by atoms with E-state index >= 15 is 0 Å². The molecule has 12 heteroatoms. The molecule has 0 bridgehead atoms. The van der Waals surface area contributed by atoms with Crippen LogP contribution in [0.25, 0.3) is 10.8 Å². The summed E-state index contributed by atoms with van der Waals surface area (Å²) in [6.07, 6.45) is 0.693. The van der Waals surface area contributed by atoms with Crippen molar-refractivity contribution in [1.29, 1.82) is 0 Å². The predicted molar refractivity (Wildman–Crippen MR) is 143 cm³/mol. The molecule has 3 aromatic rings. The van der Waals surface area contributed by atoms with Gasteiger partial charge in [0.25, 0.3) is 0 Å². The highest BCUT2D eigenvalue weighted by molar-refractivity contribution is 7.91. The minimum Gasteiger partial charge on any atom is -0.444 e. The summed E-state index contributed by atoms with van der Waals surface area (Å²) in [6, 6.07) is 13.2. The third-order valence-electron chi connectivity index (χ3n) is 5.42. The van der Waals surface area contributed by atoms with Gasteiger partial charge in [0.05, 0.1) is 15.5 Å². The first-order valence-electron chi connectivity index (χ1n) is 11.5. The number of sulfonamides is 1. The minimum absolute atomic E-state index is 0.0458. The maximum Gasteiger partial charge on any atom is 0.407 e. The Bertz CT molecular complexity index is 1470. The molecule has 1 N–H and O–H groups in total. The van der Waals surface area contributed by atoms with Crippen LogP contribution in [0.15, 0.2) is 70.6 Å². The monoisotopic (exact) mass is 567 g/mol. The molecule has 1 unspecified atom stereocenters. The number of hydrogen-bond acceptors (Lipinski definition) is 7. The van der Waals surface area contributed by atoms with Crippen LogP contribution in [0.2, 0.25) is 5.15 Å². The van der Waals surface area contributed by atoms with Crippen molar-refractivity contribution in [1.82, 2.24) is 14.6 Å². The summed E-state index contributed by atoms with van der Waals surface area (Å²) in [7, 11) is -8.03. The standard InChI is InChI=1S/C25H30ClN3O6S2/c1-18(17-28-24(30)35-25(2,3)4)29(15-16-36(31,32)19-9-6-5-7-10-19)37(33,34)22-12-8-11-21-20(22)13-14-27-23(21)26/h5-14,18H,15-17H2,1-4H3,(H,28,30). The summed E-state index contributed by atoms with van der Waals surface area (Å²) < 4.78 is 60.2. The summed E-state index contributed by atoms with van der Waals surface area (Å²) >= 11 is 6.19. The first kappa shape index (κ1) is 28.8. The second kappa shape index (κ2) is 11.3. The highest BCUT2D eigenvalue weighted by Crippen LogP contribution is 2.30. The van der Waals surface area contributed by atoms with Crippen molar-refractivity contribution >= 4 is 48.3 Å². The Kier molecular flexibility index (Phi) is 8.84. The number of nitrogens with one attached hydrogen (secondary N) is 1. The number of aromatic nitrogens is 1. The van der Waals surface area contributed by atoms with Crippen molar-refractivity contribution in [2.45, 2.75) is 49.1 Å². The van der Waals surface area contributed by atoms with Gasteiger partial charge in [-0.2, -0.15) is 4.31 Å². The number of amides is 1. The molecule has 1 aromatic heterocycles. The number of ether oxygens (including phenoxy) is 1. The van der Waals surface area contributed by atoms with E-state index in [9.17, 15) is 21.6 Å². The largest absolute Gasteiger partial charge is 0.444 e. The average Bonchev–Trinajstić information content (AvgIpc) is 2.82. The van der Waals surface area contributed by atoms with Crippen molar-refractivity contribution in [3.05, 3.63) is 65.9 Å². The van der Waals surface area contributed by atoms with Crippen LogP contribution in [-0.4, -0.2) is 62.7 Å². The van der Waals surface area contributed by atoms with E-state index in [-0.39, 0.29) is 28.0 Å². The molecule has 37 heavy (non-hydrogen) atoms. The molecule has 0 aliphatic heterocycles. The lowest BCUT2D eigenvalue weighted by Gasteiger charge is -2.29. The first-order chi connectivity index (χ1) is 17.2. The molecular formula is C25H30ClN3O6S2. The van der Waals surface area contributed by atoms with E-state index in [1.807, 2.05) is 0 Å². The quantitative estimate of drug-likeness (QED) is 0.383. The summed E-state index contributed by atoms with van der Waals surface area (Å²) in [5.74, 6) is -0.458. The van der Waals surface area contributed by atoms with Gasteiger partial charge in [0, 0.05) is 36.1 Å². The molecule has 200 valence electrons. The molecule has 0 fully saturated rings. The summed E-state index contributed by atoms with van der Waals surface area (Å²) in [6.45, 7) is 6.27. The molecule has 9 nitrogen and oxygen atoms in total. The van der Waals surface area contributed by atoms with Crippen LogP contribution in [0.5, 0.6) is 0 Å². The molecule has 0 saturated carbocycles. The normalized spacial score (nSPS) is 13.5. The first-order valence-corrected chi connectivity index (χ1v) is 15.0. The summed E-state index contributed by atoms with van der Waals surface area (Å²) in [5, 5.41) is 3.51. The fraction of sp³-hybridized carbons (Fsp3) is 0.360. The lowest BCUT2D eigenvalue weighted by atomic mass is 10.2. The van der Waals surface area contributed by atoms with Crippen LogP contribution in [0.3, 0.4) is 0 Å². The number of fused-ring (bicyclic) bond motifs is 1. The van der Waals surface area contributed by atoms with Crippen LogP contribution in [0, 0.1) is 0 Å². The van der Waals surface area contributed by atoms with E-state index in [0.29, 0.717) is 10.8 Å². The van der Waals surface area contributed by atoms with Crippen LogP contribution in [-0.2, 0) is 24.6 Å². The number of nitrogens with zero attached hydrogens (tertiary/aromatic N) is 2. The SMILES string of the molecule is CC(CNC(=O)OC(C)(C)C)N(CCS(=O)(=O)c1ccccc1)S(=O)(=O)c1cccc2c(Cl)nccc12. The topological polar surface area (TPSA) is 123 Å². The molecule has 0 spiro atoms. The Morgan fingerprint density at radius 1 is 1.03 bits per heavy atom. The highest BCUT2D eigenvalue weighted by atomic mass is 35.5. The maximum absolute atomic E-state index is 13.9. The van der Waals surface area contributed by atoms with Crippen molar-refractivity contribution in [2.75, 3.05) is 18.8 Å². The third kappa shape index (κ3) is 7.19. The number of carbonyl (C=O) groups is 1. The molecule has 0 aliphatic rings. The van der Waals surface area contributed by atoms with E-state index in [0.717, 1.165) is 4.31 Å². The van der Waals surface area contributed by atoms with Crippen molar-refractivity contribution in [2.24, 2.45) is 0 Å². The number of alkyl carbamates (subject to hydrolysis) is 1. The zero-order valence-electron chi connectivity index (χ0n) is 21.0. The van der Waals surface area contributed by atoms with Crippen molar-refractivity contribution < 1.29 is 26.4 Å². The molecule has 0 saturated heterocycles. The second-order valence-corrected chi connectivity index (χ2v) is 13.8. The molecular weight excluding hydrogens is 538 g/mol. The van der Waals surface area contributed by atoms with Gasteiger partial charge in [-0.15, -0.1) is 0 Å². The molecule has 1 heterocycles. The number of hydrogen-bond donors (Lipinski definition) is 1. The van der Waals surface area contributed by atoms with Gasteiger partial charge >= 0.3 is 6.09 Å². The molecule has 2 aromatic carbocycles. The van der Waals surface area contributed by atoms with Gasteiger partial charge < -0.3 is 10.1 Å². The van der Waals surface area contributed by atoms with Crippen LogP contribution < -0.4 is 5.32 Å². The van der Waals surface area contributed by atoms with Gasteiger partial charge in [0.2, 0.25) is 10.0 Å². The van der Waals surface area contributed by atoms with E-state index < -0.39 is 43.3 Å².